The number of hydrogen-bond acceptors (Lipinski definition) is 5. The van der Waals surface area contributed by atoms with Gasteiger partial charge in [0.1, 0.15) is 11.9 Å². The molecule has 1 aliphatic rings. The number of benzene rings is 2. The van der Waals surface area contributed by atoms with E-state index < -0.39 is 12.0 Å². The van der Waals surface area contributed by atoms with Gasteiger partial charge >= 0.3 is 5.97 Å². The predicted octanol–water partition coefficient (Wildman–Crippen LogP) is 3.93. The van der Waals surface area contributed by atoms with E-state index in [1.165, 1.54) is 12.5 Å². The summed E-state index contributed by atoms with van der Waals surface area (Å²) in [6.07, 6.45) is 1.77. The van der Waals surface area contributed by atoms with Gasteiger partial charge in [0.25, 0.3) is 0 Å². The van der Waals surface area contributed by atoms with E-state index in [2.05, 4.69) is 34.3 Å². The van der Waals surface area contributed by atoms with Crippen molar-refractivity contribution in [1.29, 1.82) is 0 Å². The Kier molecular flexibility index (Phi) is 5.67. The number of aromatic nitrogens is 2. The lowest BCUT2D eigenvalue weighted by molar-refractivity contribution is -0.143. The molecule has 2 aromatic heterocycles. The number of carbonyl (C=O) groups is 2. The number of hydrogen-bond donors (Lipinski definition) is 3. The number of aromatic amines is 1. The number of carboxylic acids is 1. The molecule has 3 heterocycles. The number of carbonyl (C=O) groups excluding carboxylic acids is 1. The van der Waals surface area contributed by atoms with E-state index in [1.807, 2.05) is 35.2 Å². The largest absolute Gasteiger partial charge is 0.480 e. The number of nitrogens with one attached hydrogen (secondary N) is 2. The Morgan fingerprint density at radius 2 is 1.82 bits per heavy atom. The third-order valence-corrected chi connectivity index (χ3v) is 6.48. The van der Waals surface area contributed by atoms with E-state index in [0.717, 1.165) is 33.2 Å². The first-order valence-corrected chi connectivity index (χ1v) is 11.4. The molecule has 1 saturated heterocycles. The van der Waals surface area contributed by atoms with Crippen LogP contribution in [0.15, 0.2) is 54.7 Å². The number of anilines is 2. The zero-order chi connectivity index (χ0) is 23.8. The summed E-state index contributed by atoms with van der Waals surface area (Å²) in [6, 6.07) is 15.0. The molecule has 4 aromatic rings. The summed E-state index contributed by atoms with van der Waals surface area (Å²) < 4.78 is 0. The van der Waals surface area contributed by atoms with Crippen LogP contribution in [0.1, 0.15) is 24.1 Å². The Balaban J connectivity index is 1.37. The minimum atomic E-state index is -0.875. The first-order valence-electron chi connectivity index (χ1n) is 11.4. The number of rotatable bonds is 5. The van der Waals surface area contributed by atoms with E-state index in [4.69, 9.17) is 4.98 Å². The molecule has 1 fully saturated rings. The van der Waals surface area contributed by atoms with Crippen molar-refractivity contribution < 1.29 is 14.7 Å². The van der Waals surface area contributed by atoms with Gasteiger partial charge in [0.05, 0.1) is 5.52 Å². The first-order chi connectivity index (χ1) is 16.4. The fraction of sp³-hybridized carbons (Fsp3) is 0.269. The Bertz CT molecular complexity index is 1390. The average Bonchev–Trinajstić information content (AvgIpc) is 3.22. The highest BCUT2D eigenvalue weighted by atomic mass is 16.4. The number of pyridine rings is 1. The highest BCUT2D eigenvalue weighted by Gasteiger charge is 2.32. The molecule has 0 spiro atoms. The second kappa shape index (κ2) is 8.79. The fourth-order valence-corrected chi connectivity index (χ4v) is 4.84. The molecule has 0 aliphatic carbocycles. The molecule has 5 rings (SSSR count). The molecule has 174 valence electrons. The molecule has 34 heavy (non-hydrogen) atoms. The highest BCUT2D eigenvalue weighted by molar-refractivity contribution is 5.95. The molecule has 0 radical (unpaired) electrons. The van der Waals surface area contributed by atoms with Gasteiger partial charge in [-0.15, -0.1) is 0 Å². The minimum absolute atomic E-state index is 0.150. The second-order valence-corrected chi connectivity index (χ2v) is 8.76. The number of piperazine rings is 1. The van der Waals surface area contributed by atoms with Crippen LogP contribution in [0.25, 0.3) is 21.8 Å². The van der Waals surface area contributed by atoms with Crippen LogP contribution >= 0.6 is 0 Å². The highest BCUT2D eigenvalue weighted by Crippen LogP contribution is 2.32. The van der Waals surface area contributed by atoms with Crippen molar-refractivity contribution >= 4 is 45.2 Å². The lowest BCUT2D eigenvalue weighted by Crippen LogP contribution is -2.49. The number of para-hydroxylation sites is 1. The number of fused-ring (bicyclic) bond motifs is 2. The number of nitrogens with zero attached hydrogens (tertiary/aromatic N) is 3. The van der Waals surface area contributed by atoms with Gasteiger partial charge in [0.2, 0.25) is 5.91 Å². The van der Waals surface area contributed by atoms with Crippen LogP contribution in [-0.4, -0.2) is 58.0 Å². The van der Waals surface area contributed by atoms with Crippen molar-refractivity contribution in [2.24, 2.45) is 0 Å². The maximum Gasteiger partial charge on any atom is 0.325 e. The third-order valence-electron chi connectivity index (χ3n) is 6.48. The zero-order valence-electron chi connectivity index (χ0n) is 19.2. The van der Waals surface area contributed by atoms with Crippen molar-refractivity contribution in [2.75, 3.05) is 36.4 Å². The molecular weight excluding hydrogens is 430 g/mol. The molecule has 2 aromatic carbocycles. The first kappa shape index (κ1) is 21.9. The molecule has 0 saturated carbocycles. The van der Waals surface area contributed by atoms with Gasteiger partial charge in [-0.25, -0.2) is 4.98 Å². The van der Waals surface area contributed by atoms with Gasteiger partial charge in [0.15, 0.2) is 0 Å². The molecular formula is C26H27N5O3. The number of carboxylic acid groups (broad SMARTS) is 1. The Hall–Kier alpha value is -3.91. The summed E-state index contributed by atoms with van der Waals surface area (Å²) in [5.41, 5.74) is 4.35. The number of aryl methyl sites for hydroxylation is 1. The zero-order valence-corrected chi connectivity index (χ0v) is 19.2. The van der Waals surface area contributed by atoms with Crippen LogP contribution in [0.3, 0.4) is 0 Å². The minimum Gasteiger partial charge on any atom is -0.480 e. The quantitative estimate of drug-likeness (QED) is 0.420. The van der Waals surface area contributed by atoms with Crippen molar-refractivity contribution in [3.05, 3.63) is 65.9 Å². The van der Waals surface area contributed by atoms with Gasteiger partial charge < -0.3 is 20.3 Å². The van der Waals surface area contributed by atoms with Crippen LogP contribution in [0, 0.1) is 6.92 Å². The summed E-state index contributed by atoms with van der Waals surface area (Å²) in [5.74, 6) is -0.0937. The van der Waals surface area contributed by atoms with E-state index in [-0.39, 0.29) is 5.91 Å². The van der Waals surface area contributed by atoms with Gasteiger partial charge in [0, 0.05) is 66.8 Å². The van der Waals surface area contributed by atoms with Crippen LogP contribution in [-0.2, 0) is 9.59 Å². The standard InChI is InChI=1S/C26H27N5O3/c1-16-13-24(29-22-6-4-3-5-19(16)22)30-9-11-31(12-10-30)25(26(33)34)21-15-27-23-14-18(28-17(2)32)7-8-20(21)23/h3-8,13-15,25,27H,9-12H2,1-2H3,(H,28,32)(H,33,34)/t25-/m1/s1. The van der Waals surface area contributed by atoms with E-state index >= 15 is 0 Å². The summed E-state index contributed by atoms with van der Waals surface area (Å²) >= 11 is 0. The van der Waals surface area contributed by atoms with Gasteiger partial charge in [-0.05, 0) is 36.8 Å². The summed E-state index contributed by atoms with van der Waals surface area (Å²) in [6.45, 7) is 6.17. The van der Waals surface area contributed by atoms with Crippen LogP contribution in [0.2, 0.25) is 0 Å². The molecule has 0 unspecified atom stereocenters. The van der Waals surface area contributed by atoms with Crippen molar-refractivity contribution in [3.63, 3.8) is 0 Å². The van der Waals surface area contributed by atoms with Crippen LogP contribution in [0.4, 0.5) is 11.5 Å². The lowest BCUT2D eigenvalue weighted by Gasteiger charge is -2.38. The van der Waals surface area contributed by atoms with Crippen LogP contribution < -0.4 is 10.2 Å². The summed E-state index contributed by atoms with van der Waals surface area (Å²) in [5, 5.41) is 14.9. The predicted molar refractivity (Wildman–Crippen MR) is 133 cm³/mol. The summed E-state index contributed by atoms with van der Waals surface area (Å²) in [7, 11) is 0. The van der Waals surface area contributed by atoms with E-state index in [0.29, 0.717) is 31.9 Å². The molecule has 1 atom stereocenters. The van der Waals surface area contributed by atoms with E-state index in [1.54, 1.807) is 12.3 Å². The maximum atomic E-state index is 12.4. The molecule has 1 amide bonds. The monoisotopic (exact) mass is 457 g/mol. The van der Waals surface area contributed by atoms with Crippen LogP contribution in [0.5, 0.6) is 0 Å². The topological polar surface area (TPSA) is 102 Å². The maximum absolute atomic E-state index is 12.4. The van der Waals surface area contributed by atoms with Crippen molar-refractivity contribution in [3.8, 4) is 0 Å². The second-order valence-electron chi connectivity index (χ2n) is 8.76. The SMILES string of the molecule is CC(=O)Nc1ccc2c([C@H](C(=O)O)N3CCN(c4cc(C)c5ccccc5n4)CC3)c[nH]c2c1. The van der Waals surface area contributed by atoms with Gasteiger partial charge in [-0.3, -0.25) is 14.5 Å². The average molecular weight is 458 g/mol. The molecule has 3 N–H and O–H groups in total. The smallest absolute Gasteiger partial charge is 0.325 e. The van der Waals surface area contributed by atoms with Crippen molar-refractivity contribution in [2.45, 2.75) is 19.9 Å². The number of H-pyrrole nitrogens is 1. The Labute approximate surface area is 197 Å². The number of amides is 1. The Morgan fingerprint density at radius 3 is 2.56 bits per heavy atom. The molecule has 1 aliphatic heterocycles. The molecule has 0 bridgehead atoms. The molecule has 8 nitrogen and oxygen atoms in total. The normalized spacial score (nSPS) is 15.5. The fourth-order valence-electron chi connectivity index (χ4n) is 4.84. The van der Waals surface area contributed by atoms with Crippen molar-refractivity contribution in [1.82, 2.24) is 14.9 Å². The molecule has 8 heteroatoms. The van der Waals surface area contributed by atoms with Gasteiger partial charge in [-0.1, -0.05) is 24.3 Å². The lowest BCUT2D eigenvalue weighted by atomic mass is 10.0. The van der Waals surface area contributed by atoms with E-state index in [9.17, 15) is 14.7 Å². The third kappa shape index (κ3) is 4.08. The number of aliphatic carboxylic acids is 1. The Morgan fingerprint density at radius 1 is 1.06 bits per heavy atom. The van der Waals surface area contributed by atoms with Gasteiger partial charge in [-0.2, -0.15) is 0 Å². The summed E-state index contributed by atoms with van der Waals surface area (Å²) in [4.78, 5) is 36.0.